The molecule has 1 saturated heterocycles. The van der Waals surface area contributed by atoms with Crippen LogP contribution >= 0.6 is 0 Å². The van der Waals surface area contributed by atoms with Gasteiger partial charge in [-0.1, -0.05) is 60.7 Å². The summed E-state index contributed by atoms with van der Waals surface area (Å²) in [5.41, 5.74) is 3.47. The minimum atomic E-state index is 0.109. The number of hydrogen-bond donors (Lipinski definition) is 0. The maximum atomic E-state index is 12.6. The largest absolute Gasteiger partial charge is 0.297 e. The van der Waals surface area contributed by atoms with Crippen LogP contribution in [-0.2, 0) is 11.3 Å². The third kappa shape index (κ3) is 4.62. The lowest BCUT2D eigenvalue weighted by atomic mass is 10.1. The Kier molecular flexibility index (Phi) is 5.61. The van der Waals surface area contributed by atoms with Gasteiger partial charge in [-0.3, -0.25) is 14.6 Å². The van der Waals surface area contributed by atoms with Gasteiger partial charge in [-0.25, -0.2) is 5.01 Å². The van der Waals surface area contributed by atoms with Crippen molar-refractivity contribution in [1.29, 1.82) is 0 Å². The first kappa shape index (κ1) is 17.9. The predicted octanol–water partition coefficient (Wildman–Crippen LogP) is 2.44. The normalized spacial score (nSPS) is 18.5. The van der Waals surface area contributed by atoms with Gasteiger partial charge in [-0.15, -0.1) is 0 Å². The Morgan fingerprint density at radius 2 is 1.44 bits per heavy atom. The lowest BCUT2D eigenvalue weighted by molar-refractivity contribution is -0.132. The van der Waals surface area contributed by atoms with Crippen LogP contribution in [0.5, 0.6) is 0 Å². The van der Waals surface area contributed by atoms with E-state index in [1.807, 2.05) is 18.2 Å². The highest BCUT2D eigenvalue weighted by atomic mass is 16.2. The molecule has 5 nitrogen and oxygen atoms in total. The molecule has 0 unspecified atom stereocenters. The van der Waals surface area contributed by atoms with Gasteiger partial charge in [0.2, 0.25) is 0 Å². The molecule has 1 fully saturated rings. The summed E-state index contributed by atoms with van der Waals surface area (Å²) in [5, 5.41) is 6.21. The Labute approximate surface area is 160 Å². The van der Waals surface area contributed by atoms with Gasteiger partial charge in [0, 0.05) is 39.1 Å². The number of amides is 1. The summed E-state index contributed by atoms with van der Waals surface area (Å²) >= 11 is 0. The van der Waals surface area contributed by atoms with Crippen LogP contribution in [0.25, 0.3) is 0 Å². The van der Waals surface area contributed by atoms with Crippen LogP contribution in [0, 0.1) is 0 Å². The molecular formula is C22H26N4O. The number of piperazine rings is 1. The highest BCUT2D eigenvalue weighted by Crippen LogP contribution is 2.15. The van der Waals surface area contributed by atoms with E-state index in [4.69, 9.17) is 0 Å². The summed E-state index contributed by atoms with van der Waals surface area (Å²) in [6.07, 6.45) is 0.834. The zero-order valence-electron chi connectivity index (χ0n) is 15.6. The molecule has 27 heavy (non-hydrogen) atoms. The second-order valence-electron chi connectivity index (χ2n) is 7.22. The first-order chi connectivity index (χ1) is 13.3. The number of rotatable bonds is 5. The Morgan fingerprint density at radius 1 is 0.815 bits per heavy atom. The average molecular weight is 362 g/mol. The van der Waals surface area contributed by atoms with Crippen molar-refractivity contribution in [2.24, 2.45) is 5.10 Å². The van der Waals surface area contributed by atoms with Crippen molar-refractivity contribution in [2.45, 2.75) is 13.0 Å². The first-order valence-electron chi connectivity index (χ1n) is 9.70. The van der Waals surface area contributed by atoms with Gasteiger partial charge in [0.25, 0.3) is 5.91 Å². The number of hydrazone groups is 1. The van der Waals surface area contributed by atoms with E-state index in [9.17, 15) is 4.79 Å². The molecule has 2 aliphatic heterocycles. The topological polar surface area (TPSA) is 39.2 Å². The predicted molar refractivity (Wildman–Crippen MR) is 107 cm³/mol. The number of carbonyl (C=O) groups excluding carboxylic acids is 1. The third-order valence-electron chi connectivity index (χ3n) is 5.27. The third-order valence-corrected chi connectivity index (χ3v) is 5.27. The maximum Gasteiger partial charge on any atom is 0.256 e. The number of carbonyl (C=O) groups is 1. The molecule has 0 aromatic heterocycles. The highest BCUT2D eigenvalue weighted by molar-refractivity contribution is 6.02. The Morgan fingerprint density at radius 3 is 2.15 bits per heavy atom. The smallest absolute Gasteiger partial charge is 0.256 e. The van der Waals surface area contributed by atoms with Crippen LogP contribution < -0.4 is 0 Å². The lowest BCUT2D eigenvalue weighted by Crippen LogP contribution is -2.49. The van der Waals surface area contributed by atoms with Crippen molar-refractivity contribution in [3.05, 3.63) is 71.8 Å². The molecule has 2 aromatic rings. The Hall–Kier alpha value is -2.50. The second kappa shape index (κ2) is 8.46. The fourth-order valence-corrected chi connectivity index (χ4v) is 3.69. The van der Waals surface area contributed by atoms with Crippen LogP contribution in [-0.4, -0.2) is 65.7 Å². The van der Waals surface area contributed by atoms with E-state index >= 15 is 0 Å². The van der Waals surface area contributed by atoms with Crippen molar-refractivity contribution in [2.75, 3.05) is 39.3 Å². The number of benzene rings is 2. The van der Waals surface area contributed by atoms with Gasteiger partial charge in [0.05, 0.1) is 18.8 Å². The van der Waals surface area contributed by atoms with E-state index in [2.05, 4.69) is 57.4 Å². The maximum absolute atomic E-state index is 12.6. The molecule has 2 aromatic carbocycles. The van der Waals surface area contributed by atoms with Crippen molar-refractivity contribution in [3.63, 3.8) is 0 Å². The second-order valence-corrected chi connectivity index (χ2v) is 7.22. The molecule has 140 valence electrons. The van der Waals surface area contributed by atoms with Crippen LogP contribution in [0.3, 0.4) is 0 Å². The molecule has 0 spiro atoms. The van der Waals surface area contributed by atoms with E-state index < -0.39 is 0 Å². The standard InChI is InChI=1S/C22H26N4O/c27-22(26-12-11-21(23-26)20-9-5-2-6-10-20)18-25-15-13-24(14-16-25)17-19-7-3-1-4-8-19/h1-10H,11-18H2. The summed E-state index contributed by atoms with van der Waals surface area (Å²) in [6, 6.07) is 20.7. The average Bonchev–Trinajstić information content (AvgIpc) is 3.21. The molecule has 0 saturated carbocycles. The lowest BCUT2D eigenvalue weighted by Gasteiger charge is -2.34. The quantitative estimate of drug-likeness (QED) is 0.820. The minimum absolute atomic E-state index is 0.109. The van der Waals surface area contributed by atoms with Crippen LogP contribution in [0.2, 0.25) is 0 Å². The summed E-state index contributed by atoms with van der Waals surface area (Å²) in [6.45, 7) is 6.01. The molecule has 0 radical (unpaired) electrons. The number of nitrogens with zero attached hydrogens (tertiary/aromatic N) is 4. The fourth-order valence-electron chi connectivity index (χ4n) is 3.69. The van der Waals surface area contributed by atoms with E-state index in [1.54, 1.807) is 5.01 Å². The summed E-state index contributed by atoms with van der Waals surface area (Å²) in [4.78, 5) is 17.3. The molecule has 0 bridgehead atoms. The van der Waals surface area contributed by atoms with Crippen LogP contribution in [0.15, 0.2) is 65.8 Å². The van der Waals surface area contributed by atoms with Gasteiger partial charge in [-0.05, 0) is 11.1 Å². The molecule has 2 heterocycles. The fraction of sp³-hybridized carbons (Fsp3) is 0.364. The summed E-state index contributed by atoms with van der Waals surface area (Å²) in [7, 11) is 0. The van der Waals surface area contributed by atoms with Crippen LogP contribution in [0.4, 0.5) is 0 Å². The molecule has 0 aliphatic carbocycles. The van der Waals surface area contributed by atoms with E-state index in [1.165, 1.54) is 5.56 Å². The van der Waals surface area contributed by atoms with Crippen molar-refractivity contribution in [3.8, 4) is 0 Å². The SMILES string of the molecule is O=C(CN1CCN(Cc2ccccc2)CC1)N1CCC(c2ccccc2)=N1. The van der Waals surface area contributed by atoms with Gasteiger partial charge in [0.1, 0.15) is 0 Å². The Bertz CT molecular complexity index is 782. The van der Waals surface area contributed by atoms with Crippen molar-refractivity contribution >= 4 is 11.6 Å². The van der Waals surface area contributed by atoms with E-state index in [0.717, 1.165) is 50.4 Å². The summed E-state index contributed by atoms with van der Waals surface area (Å²) in [5.74, 6) is 0.109. The molecular weight excluding hydrogens is 336 g/mol. The van der Waals surface area contributed by atoms with Crippen LogP contribution in [0.1, 0.15) is 17.5 Å². The monoisotopic (exact) mass is 362 g/mol. The minimum Gasteiger partial charge on any atom is -0.297 e. The van der Waals surface area contributed by atoms with E-state index in [0.29, 0.717) is 13.1 Å². The summed E-state index contributed by atoms with van der Waals surface area (Å²) < 4.78 is 0. The molecule has 4 rings (SSSR count). The van der Waals surface area contributed by atoms with Gasteiger partial charge >= 0.3 is 0 Å². The van der Waals surface area contributed by atoms with Gasteiger partial charge in [0.15, 0.2) is 0 Å². The molecule has 0 N–H and O–H groups in total. The number of hydrogen-bond acceptors (Lipinski definition) is 4. The molecule has 0 atom stereocenters. The van der Waals surface area contributed by atoms with Crippen molar-refractivity contribution < 1.29 is 4.79 Å². The highest BCUT2D eigenvalue weighted by Gasteiger charge is 2.25. The Balaban J connectivity index is 1.26. The molecule has 1 amide bonds. The van der Waals surface area contributed by atoms with Gasteiger partial charge in [-0.2, -0.15) is 5.10 Å². The molecule has 2 aliphatic rings. The molecule has 5 heteroatoms. The first-order valence-corrected chi connectivity index (χ1v) is 9.70. The zero-order valence-corrected chi connectivity index (χ0v) is 15.6. The van der Waals surface area contributed by atoms with Crippen molar-refractivity contribution in [1.82, 2.24) is 14.8 Å². The zero-order chi connectivity index (χ0) is 18.5. The van der Waals surface area contributed by atoms with Gasteiger partial charge < -0.3 is 0 Å². The van der Waals surface area contributed by atoms with E-state index in [-0.39, 0.29) is 5.91 Å².